The Morgan fingerprint density at radius 3 is 2.53 bits per heavy atom. The molecule has 0 saturated heterocycles. The lowest BCUT2D eigenvalue weighted by molar-refractivity contribution is -0.137. The number of nitrogens with two attached hydrogens (primary N) is 1. The maximum Gasteiger partial charge on any atom is 0.416 e. The highest BCUT2D eigenvalue weighted by atomic mass is 79.9. The lowest BCUT2D eigenvalue weighted by Gasteiger charge is -2.16. The fraction of sp³-hybridized carbons (Fsp3) is 0.154. The molecule has 0 fully saturated rings. The van der Waals surface area contributed by atoms with Crippen molar-refractivity contribution >= 4 is 15.9 Å². The Morgan fingerprint density at radius 2 is 1.95 bits per heavy atom. The van der Waals surface area contributed by atoms with Gasteiger partial charge in [0, 0.05) is 16.9 Å². The molecular formula is C13H10BrF3N2. The van der Waals surface area contributed by atoms with E-state index in [-0.39, 0.29) is 0 Å². The van der Waals surface area contributed by atoms with E-state index in [0.717, 1.165) is 12.1 Å². The zero-order valence-electron chi connectivity index (χ0n) is 9.66. The molecule has 0 aliphatic heterocycles. The van der Waals surface area contributed by atoms with E-state index in [1.807, 2.05) is 0 Å². The van der Waals surface area contributed by atoms with Crippen molar-refractivity contribution in [2.45, 2.75) is 12.2 Å². The van der Waals surface area contributed by atoms with Crippen LogP contribution >= 0.6 is 15.9 Å². The molecule has 0 aliphatic rings. The monoisotopic (exact) mass is 330 g/mol. The third-order valence-corrected chi connectivity index (χ3v) is 3.42. The second kappa shape index (κ2) is 5.30. The third kappa shape index (κ3) is 3.13. The first-order chi connectivity index (χ1) is 8.89. The van der Waals surface area contributed by atoms with Crippen molar-refractivity contribution in [3.8, 4) is 0 Å². The Hall–Kier alpha value is -1.40. The zero-order valence-corrected chi connectivity index (χ0v) is 11.2. The lowest BCUT2D eigenvalue weighted by atomic mass is 9.99. The van der Waals surface area contributed by atoms with Gasteiger partial charge in [0.25, 0.3) is 0 Å². The van der Waals surface area contributed by atoms with Crippen molar-refractivity contribution in [2.75, 3.05) is 0 Å². The van der Waals surface area contributed by atoms with Gasteiger partial charge < -0.3 is 5.73 Å². The average Bonchev–Trinajstić information content (AvgIpc) is 2.38. The lowest BCUT2D eigenvalue weighted by Crippen LogP contribution is -2.14. The number of benzene rings is 1. The van der Waals surface area contributed by atoms with Gasteiger partial charge in [-0.05, 0) is 35.4 Å². The number of aromatic nitrogens is 1. The van der Waals surface area contributed by atoms with Crippen LogP contribution in [-0.2, 0) is 6.18 Å². The molecule has 0 spiro atoms. The smallest absolute Gasteiger partial charge is 0.320 e. The van der Waals surface area contributed by atoms with Crippen LogP contribution in [0.3, 0.4) is 0 Å². The summed E-state index contributed by atoms with van der Waals surface area (Å²) >= 11 is 3.23. The van der Waals surface area contributed by atoms with Gasteiger partial charge in [-0.2, -0.15) is 13.2 Å². The van der Waals surface area contributed by atoms with E-state index in [1.54, 1.807) is 18.3 Å². The molecule has 19 heavy (non-hydrogen) atoms. The number of pyridine rings is 1. The van der Waals surface area contributed by atoms with Crippen molar-refractivity contribution in [2.24, 2.45) is 5.73 Å². The van der Waals surface area contributed by atoms with E-state index in [1.165, 1.54) is 12.3 Å². The van der Waals surface area contributed by atoms with Crippen LogP contribution in [0, 0.1) is 0 Å². The normalized spacial score (nSPS) is 13.3. The van der Waals surface area contributed by atoms with Crippen LogP contribution in [-0.4, -0.2) is 4.98 Å². The van der Waals surface area contributed by atoms with Crippen LogP contribution < -0.4 is 5.73 Å². The van der Waals surface area contributed by atoms with Gasteiger partial charge in [-0.3, -0.25) is 4.98 Å². The van der Waals surface area contributed by atoms with Crippen LogP contribution in [0.2, 0.25) is 0 Å². The van der Waals surface area contributed by atoms with Gasteiger partial charge in [-0.15, -0.1) is 0 Å². The van der Waals surface area contributed by atoms with E-state index in [9.17, 15) is 13.2 Å². The minimum atomic E-state index is -4.38. The summed E-state index contributed by atoms with van der Waals surface area (Å²) in [5.74, 6) is 0. The summed E-state index contributed by atoms with van der Waals surface area (Å²) in [4.78, 5) is 3.91. The summed E-state index contributed by atoms with van der Waals surface area (Å²) in [6.45, 7) is 0. The quantitative estimate of drug-likeness (QED) is 0.906. The predicted octanol–water partition coefficient (Wildman–Crippen LogP) is 3.91. The molecule has 1 heterocycles. The highest BCUT2D eigenvalue weighted by Gasteiger charge is 2.31. The van der Waals surface area contributed by atoms with E-state index < -0.39 is 17.8 Å². The van der Waals surface area contributed by atoms with Crippen molar-refractivity contribution in [1.82, 2.24) is 4.98 Å². The van der Waals surface area contributed by atoms with Crippen molar-refractivity contribution in [3.63, 3.8) is 0 Å². The highest BCUT2D eigenvalue weighted by molar-refractivity contribution is 9.10. The van der Waals surface area contributed by atoms with Gasteiger partial charge in [-0.1, -0.05) is 22.0 Å². The molecule has 2 aromatic rings. The average molecular weight is 331 g/mol. The Morgan fingerprint density at radius 1 is 1.21 bits per heavy atom. The molecule has 1 aromatic heterocycles. The molecule has 0 amide bonds. The van der Waals surface area contributed by atoms with Crippen LogP contribution in [0.25, 0.3) is 0 Å². The minimum absolute atomic E-state index is 0.378. The standard InChI is InChI=1S/C13H10BrF3N2/c14-11-4-3-9(13(15,16)17)6-10(11)12(18)8-2-1-5-19-7-8/h1-7,12H,18H2. The van der Waals surface area contributed by atoms with E-state index in [4.69, 9.17) is 5.73 Å². The molecule has 1 atom stereocenters. The molecule has 2 N–H and O–H groups in total. The largest absolute Gasteiger partial charge is 0.416 e. The topological polar surface area (TPSA) is 38.9 Å². The first-order valence-electron chi connectivity index (χ1n) is 5.42. The maximum absolute atomic E-state index is 12.7. The summed E-state index contributed by atoms with van der Waals surface area (Å²) in [6.07, 6.45) is -1.27. The Bertz CT molecular complexity index is 570. The van der Waals surface area contributed by atoms with Gasteiger partial charge >= 0.3 is 6.18 Å². The molecule has 100 valence electrons. The van der Waals surface area contributed by atoms with Crippen LogP contribution in [0.15, 0.2) is 47.2 Å². The Balaban J connectivity index is 2.45. The summed E-state index contributed by atoms with van der Waals surface area (Å²) in [5.41, 5.74) is 6.31. The number of hydrogen-bond acceptors (Lipinski definition) is 2. The molecule has 2 rings (SSSR count). The van der Waals surface area contributed by atoms with Gasteiger partial charge in [0.2, 0.25) is 0 Å². The summed E-state index contributed by atoms with van der Waals surface area (Å²) in [5, 5.41) is 0. The van der Waals surface area contributed by atoms with Crippen molar-refractivity contribution in [1.29, 1.82) is 0 Å². The molecule has 0 radical (unpaired) electrons. The zero-order chi connectivity index (χ0) is 14.0. The Labute approximate surface area is 116 Å². The number of alkyl halides is 3. The number of halogens is 4. The maximum atomic E-state index is 12.7. The molecule has 0 bridgehead atoms. The van der Waals surface area contributed by atoms with Gasteiger partial charge in [0.15, 0.2) is 0 Å². The molecule has 0 aliphatic carbocycles. The van der Waals surface area contributed by atoms with E-state index >= 15 is 0 Å². The summed E-state index contributed by atoms with van der Waals surface area (Å²) < 4.78 is 38.6. The van der Waals surface area contributed by atoms with Crippen LogP contribution in [0.4, 0.5) is 13.2 Å². The first kappa shape index (κ1) is 14.0. The van der Waals surface area contributed by atoms with Crippen LogP contribution in [0.1, 0.15) is 22.7 Å². The van der Waals surface area contributed by atoms with E-state index in [0.29, 0.717) is 15.6 Å². The molecule has 0 saturated carbocycles. The molecule has 2 nitrogen and oxygen atoms in total. The fourth-order valence-electron chi connectivity index (χ4n) is 1.70. The summed E-state index contributed by atoms with van der Waals surface area (Å²) in [6, 6.07) is 6.19. The highest BCUT2D eigenvalue weighted by Crippen LogP contribution is 2.34. The molecule has 1 unspecified atom stereocenters. The number of nitrogens with zero attached hydrogens (tertiary/aromatic N) is 1. The number of rotatable bonds is 2. The van der Waals surface area contributed by atoms with Gasteiger partial charge in [0.05, 0.1) is 11.6 Å². The first-order valence-corrected chi connectivity index (χ1v) is 6.21. The third-order valence-electron chi connectivity index (χ3n) is 2.70. The van der Waals surface area contributed by atoms with E-state index in [2.05, 4.69) is 20.9 Å². The SMILES string of the molecule is NC(c1cccnc1)c1cc(C(F)(F)F)ccc1Br. The van der Waals surface area contributed by atoms with Crippen molar-refractivity contribution < 1.29 is 13.2 Å². The molecule has 1 aromatic carbocycles. The minimum Gasteiger partial charge on any atom is -0.320 e. The molecule has 6 heteroatoms. The van der Waals surface area contributed by atoms with Gasteiger partial charge in [0.1, 0.15) is 0 Å². The predicted molar refractivity (Wildman–Crippen MR) is 69.4 cm³/mol. The van der Waals surface area contributed by atoms with Crippen LogP contribution in [0.5, 0.6) is 0 Å². The van der Waals surface area contributed by atoms with Gasteiger partial charge in [-0.25, -0.2) is 0 Å². The fourth-order valence-corrected chi connectivity index (χ4v) is 2.19. The van der Waals surface area contributed by atoms with Crippen molar-refractivity contribution in [3.05, 3.63) is 63.9 Å². The Kier molecular flexibility index (Phi) is 3.91. The summed E-state index contributed by atoms with van der Waals surface area (Å²) in [7, 11) is 0. The number of hydrogen-bond donors (Lipinski definition) is 1. The second-order valence-electron chi connectivity index (χ2n) is 4.00. The molecular weight excluding hydrogens is 321 g/mol. The second-order valence-corrected chi connectivity index (χ2v) is 4.85.